The normalized spacial score (nSPS) is 18.6. The van der Waals surface area contributed by atoms with Gasteiger partial charge in [0.15, 0.2) is 0 Å². The number of amides is 1. The molecule has 1 saturated carbocycles. The molecule has 30 heavy (non-hydrogen) atoms. The number of carbonyl (C=O) groups excluding carboxylic acids is 1. The average molecular weight is 419 g/mol. The predicted octanol–water partition coefficient (Wildman–Crippen LogP) is 3.27. The summed E-state index contributed by atoms with van der Waals surface area (Å²) in [6.45, 7) is 0.485. The highest BCUT2D eigenvalue weighted by Gasteiger charge is 2.38. The van der Waals surface area contributed by atoms with E-state index < -0.39 is 17.9 Å². The molecule has 158 valence electrons. The molecule has 0 saturated heterocycles. The summed E-state index contributed by atoms with van der Waals surface area (Å²) in [4.78, 5) is 23.8. The Kier molecular flexibility index (Phi) is 5.31. The highest BCUT2D eigenvalue weighted by atomic mass is 19.4. The maximum absolute atomic E-state index is 12.9. The van der Waals surface area contributed by atoms with E-state index in [1.807, 2.05) is 12.1 Å². The van der Waals surface area contributed by atoms with Crippen LogP contribution in [0.3, 0.4) is 0 Å². The van der Waals surface area contributed by atoms with Crippen LogP contribution in [0, 0.1) is 0 Å². The monoisotopic (exact) mass is 419 g/mol. The van der Waals surface area contributed by atoms with Crippen molar-refractivity contribution in [1.29, 1.82) is 0 Å². The van der Waals surface area contributed by atoms with E-state index in [0.717, 1.165) is 24.6 Å². The fraction of sp³-hybridized carbons (Fsp3) is 0.400. The molecule has 0 radical (unpaired) electrons. The third-order valence-electron chi connectivity index (χ3n) is 4.99. The zero-order valence-electron chi connectivity index (χ0n) is 15.9. The molecule has 4 rings (SSSR count). The summed E-state index contributed by atoms with van der Waals surface area (Å²) in [6.07, 6.45) is -0.688. The van der Waals surface area contributed by atoms with E-state index in [2.05, 4.69) is 20.3 Å². The van der Waals surface area contributed by atoms with Gasteiger partial charge in [-0.2, -0.15) is 13.2 Å². The molecular weight excluding hydrogens is 399 g/mol. The number of aromatic nitrogens is 2. The number of ether oxygens (including phenoxy) is 1. The van der Waals surface area contributed by atoms with Crippen LogP contribution in [0.4, 0.5) is 18.9 Å². The van der Waals surface area contributed by atoms with Gasteiger partial charge >= 0.3 is 6.18 Å². The van der Waals surface area contributed by atoms with E-state index in [1.165, 1.54) is 0 Å². The minimum absolute atomic E-state index is 0.0462. The van der Waals surface area contributed by atoms with Crippen LogP contribution in [-0.2, 0) is 17.3 Å². The van der Waals surface area contributed by atoms with E-state index in [1.54, 1.807) is 12.1 Å². The number of anilines is 1. The SMILES string of the molecule is NC1=NC(CCc2ccc(NC(=O)c3cnc(C(F)(F)F)nc3C3CC3)cc2)CO1. The van der Waals surface area contributed by atoms with Crippen LogP contribution < -0.4 is 11.1 Å². The molecule has 1 aliphatic carbocycles. The lowest BCUT2D eigenvalue weighted by Gasteiger charge is -2.12. The van der Waals surface area contributed by atoms with E-state index in [-0.39, 0.29) is 29.2 Å². The molecule has 1 amide bonds. The van der Waals surface area contributed by atoms with E-state index in [9.17, 15) is 18.0 Å². The fourth-order valence-electron chi connectivity index (χ4n) is 3.24. The van der Waals surface area contributed by atoms with Crippen molar-refractivity contribution in [2.75, 3.05) is 11.9 Å². The van der Waals surface area contributed by atoms with Crippen LogP contribution >= 0.6 is 0 Å². The lowest BCUT2D eigenvalue weighted by atomic mass is 10.1. The Morgan fingerprint density at radius 2 is 1.97 bits per heavy atom. The van der Waals surface area contributed by atoms with Crippen LogP contribution in [0.5, 0.6) is 0 Å². The van der Waals surface area contributed by atoms with Crippen molar-refractivity contribution in [1.82, 2.24) is 9.97 Å². The maximum Gasteiger partial charge on any atom is 0.451 e. The first-order chi connectivity index (χ1) is 14.3. The first kappa shape index (κ1) is 20.1. The van der Waals surface area contributed by atoms with Gasteiger partial charge in [0.25, 0.3) is 11.9 Å². The average Bonchev–Trinajstić information content (AvgIpc) is 3.48. The summed E-state index contributed by atoms with van der Waals surface area (Å²) in [5.41, 5.74) is 7.33. The predicted molar refractivity (Wildman–Crippen MR) is 103 cm³/mol. The number of amidine groups is 1. The van der Waals surface area contributed by atoms with Crippen molar-refractivity contribution in [3.8, 4) is 0 Å². The second kappa shape index (κ2) is 7.92. The minimum Gasteiger partial charge on any atom is -0.463 e. The van der Waals surface area contributed by atoms with E-state index in [0.29, 0.717) is 25.1 Å². The van der Waals surface area contributed by atoms with Crippen molar-refractivity contribution in [3.05, 3.63) is 53.1 Å². The van der Waals surface area contributed by atoms with Crippen LogP contribution in [0.25, 0.3) is 0 Å². The zero-order valence-corrected chi connectivity index (χ0v) is 15.9. The largest absolute Gasteiger partial charge is 0.463 e. The quantitative estimate of drug-likeness (QED) is 0.748. The topological polar surface area (TPSA) is 102 Å². The number of nitrogens with one attached hydrogen (secondary N) is 1. The van der Waals surface area contributed by atoms with Gasteiger partial charge in [-0.05, 0) is 43.4 Å². The highest BCUT2D eigenvalue weighted by Crippen LogP contribution is 2.41. The van der Waals surface area contributed by atoms with E-state index >= 15 is 0 Å². The number of halogens is 3. The van der Waals surface area contributed by atoms with Gasteiger partial charge in [0.1, 0.15) is 6.61 Å². The molecule has 3 N–H and O–H groups in total. The molecule has 1 atom stereocenters. The molecule has 1 aliphatic heterocycles. The Morgan fingerprint density at radius 1 is 1.23 bits per heavy atom. The second-order valence-electron chi connectivity index (χ2n) is 7.39. The Bertz CT molecular complexity index is 971. The molecule has 2 aliphatic rings. The van der Waals surface area contributed by atoms with Crippen molar-refractivity contribution >= 4 is 17.6 Å². The highest BCUT2D eigenvalue weighted by molar-refractivity contribution is 6.05. The number of rotatable bonds is 6. The molecular formula is C20H20F3N5O2. The molecule has 1 fully saturated rings. The number of aliphatic imine (C=N–C) groups is 1. The van der Waals surface area contributed by atoms with Gasteiger partial charge in [-0.1, -0.05) is 12.1 Å². The molecule has 1 aromatic heterocycles. The number of carbonyl (C=O) groups is 1. The molecule has 1 unspecified atom stereocenters. The summed E-state index contributed by atoms with van der Waals surface area (Å²) in [5.74, 6) is -1.87. The standard InChI is InChI=1S/C20H20F3N5O2/c21-20(22,23)18-25-9-15(16(28-18)12-4-5-12)17(29)26-13-6-1-11(2-7-13)3-8-14-10-30-19(24)27-14/h1-2,6-7,9,12,14H,3-5,8,10H2,(H2,24,27)(H,26,29). The van der Waals surface area contributed by atoms with Crippen LogP contribution in [-0.4, -0.2) is 34.5 Å². The van der Waals surface area contributed by atoms with Crippen LogP contribution in [0.15, 0.2) is 35.5 Å². The molecule has 0 spiro atoms. The molecule has 2 heterocycles. The van der Waals surface area contributed by atoms with Crippen LogP contribution in [0.2, 0.25) is 0 Å². The molecule has 1 aromatic carbocycles. The number of hydrogen-bond donors (Lipinski definition) is 2. The Hall–Kier alpha value is -3.17. The summed E-state index contributed by atoms with van der Waals surface area (Å²) in [5, 5.41) is 2.71. The molecule has 10 heteroatoms. The number of nitrogens with two attached hydrogens (primary N) is 1. The lowest BCUT2D eigenvalue weighted by molar-refractivity contribution is -0.145. The molecule has 7 nitrogen and oxygen atoms in total. The van der Waals surface area contributed by atoms with Gasteiger partial charge in [-0.3, -0.25) is 4.79 Å². The van der Waals surface area contributed by atoms with Crippen molar-refractivity contribution in [2.24, 2.45) is 10.7 Å². The maximum atomic E-state index is 12.9. The summed E-state index contributed by atoms with van der Waals surface area (Å²) in [7, 11) is 0. The minimum atomic E-state index is -4.64. The summed E-state index contributed by atoms with van der Waals surface area (Å²) in [6, 6.07) is 7.52. The van der Waals surface area contributed by atoms with Gasteiger partial charge in [-0.25, -0.2) is 15.0 Å². The fourth-order valence-corrected chi connectivity index (χ4v) is 3.24. The zero-order chi connectivity index (χ0) is 21.3. The number of benzene rings is 1. The van der Waals surface area contributed by atoms with Crippen molar-refractivity contribution < 1.29 is 22.7 Å². The number of nitrogens with zero attached hydrogens (tertiary/aromatic N) is 3. The number of hydrogen-bond acceptors (Lipinski definition) is 6. The van der Waals surface area contributed by atoms with Gasteiger partial charge in [0.2, 0.25) is 5.82 Å². The third-order valence-corrected chi connectivity index (χ3v) is 4.99. The first-order valence-electron chi connectivity index (χ1n) is 9.60. The van der Waals surface area contributed by atoms with E-state index in [4.69, 9.17) is 10.5 Å². The van der Waals surface area contributed by atoms with Crippen LogP contribution in [0.1, 0.15) is 52.6 Å². The van der Waals surface area contributed by atoms with Crippen molar-refractivity contribution in [3.63, 3.8) is 0 Å². The van der Waals surface area contributed by atoms with Crippen molar-refractivity contribution in [2.45, 2.75) is 43.8 Å². The smallest absolute Gasteiger partial charge is 0.451 e. The Morgan fingerprint density at radius 3 is 2.57 bits per heavy atom. The number of alkyl halides is 3. The van der Waals surface area contributed by atoms with Gasteiger partial charge in [-0.15, -0.1) is 0 Å². The summed E-state index contributed by atoms with van der Waals surface area (Å²) >= 11 is 0. The van der Waals surface area contributed by atoms with Gasteiger partial charge < -0.3 is 15.8 Å². The Balaban J connectivity index is 1.41. The Labute approximate surface area is 170 Å². The first-order valence-corrected chi connectivity index (χ1v) is 9.60. The molecule has 0 bridgehead atoms. The summed E-state index contributed by atoms with van der Waals surface area (Å²) < 4.78 is 43.8. The molecule has 2 aromatic rings. The van der Waals surface area contributed by atoms with Gasteiger partial charge in [0, 0.05) is 17.8 Å². The lowest BCUT2D eigenvalue weighted by Crippen LogP contribution is -2.19. The van der Waals surface area contributed by atoms with Gasteiger partial charge in [0.05, 0.1) is 17.3 Å². The second-order valence-corrected chi connectivity index (χ2v) is 7.39. The number of aryl methyl sites for hydroxylation is 1. The third kappa shape index (κ3) is 4.69.